The van der Waals surface area contributed by atoms with Gasteiger partial charge in [-0.05, 0) is 52.5 Å². The Labute approximate surface area is 107 Å². The van der Waals surface area contributed by atoms with E-state index in [1.807, 2.05) is 0 Å². The van der Waals surface area contributed by atoms with Crippen molar-refractivity contribution in [1.82, 2.24) is 15.1 Å². The summed E-state index contributed by atoms with van der Waals surface area (Å²) in [4.78, 5) is 3.83. The number of likely N-dealkylation sites (tertiary alicyclic amines) is 1. The van der Waals surface area contributed by atoms with Crippen LogP contribution in [0.2, 0.25) is 0 Å². The Kier molecular flexibility index (Phi) is 6.96. The van der Waals surface area contributed by atoms with E-state index in [-0.39, 0.29) is 0 Å². The molecule has 1 aliphatic rings. The molecule has 0 aromatic carbocycles. The Morgan fingerprint density at radius 1 is 1.17 bits per heavy atom. The van der Waals surface area contributed by atoms with Gasteiger partial charge in [0.2, 0.25) is 0 Å². The zero-order chi connectivity index (χ0) is 13.4. The summed E-state index contributed by atoms with van der Waals surface area (Å²) in [6.45, 7) is 3.92. The number of likely N-dealkylation sites (N-methyl/N-ethyl adjacent to an activating group) is 1. The molecule has 0 atom stereocenters. The number of hydrogen-bond acceptors (Lipinski definition) is 3. The third kappa shape index (κ3) is 7.18. The summed E-state index contributed by atoms with van der Waals surface area (Å²) < 4.78 is 37.2. The van der Waals surface area contributed by atoms with Crippen LogP contribution in [0.15, 0.2) is 0 Å². The molecule has 6 heteroatoms. The van der Waals surface area contributed by atoms with Crippen LogP contribution in [0.1, 0.15) is 19.3 Å². The highest BCUT2D eigenvalue weighted by Gasteiger charge is 2.30. The Bertz CT molecular complexity index is 215. The van der Waals surface area contributed by atoms with Crippen molar-refractivity contribution in [3.8, 4) is 0 Å². The first-order valence-electron chi connectivity index (χ1n) is 6.67. The highest BCUT2D eigenvalue weighted by Crippen LogP contribution is 2.16. The fraction of sp³-hybridized carbons (Fsp3) is 1.00. The molecule has 0 amide bonds. The van der Waals surface area contributed by atoms with E-state index < -0.39 is 12.7 Å². The molecule has 18 heavy (non-hydrogen) atoms. The van der Waals surface area contributed by atoms with Crippen LogP contribution in [0.4, 0.5) is 13.2 Å². The van der Waals surface area contributed by atoms with Crippen LogP contribution in [0.25, 0.3) is 0 Å². The number of rotatable bonds is 8. The van der Waals surface area contributed by atoms with Crippen molar-refractivity contribution in [3.05, 3.63) is 0 Å². The number of nitrogens with one attached hydrogen (secondary N) is 1. The third-order valence-corrected chi connectivity index (χ3v) is 3.23. The maximum Gasteiger partial charge on any atom is 0.401 e. The molecule has 0 saturated carbocycles. The molecule has 0 radical (unpaired) electrons. The molecule has 1 N–H and O–H groups in total. The van der Waals surface area contributed by atoms with E-state index in [4.69, 9.17) is 0 Å². The minimum Gasteiger partial charge on any atom is -0.318 e. The lowest BCUT2D eigenvalue weighted by Gasteiger charge is -2.24. The summed E-state index contributed by atoms with van der Waals surface area (Å²) in [5.74, 6) is 0. The van der Waals surface area contributed by atoms with Gasteiger partial charge in [-0.25, -0.2) is 0 Å². The van der Waals surface area contributed by atoms with Crippen molar-refractivity contribution < 1.29 is 13.2 Å². The number of nitrogens with zero attached hydrogens (tertiary/aromatic N) is 2. The van der Waals surface area contributed by atoms with Crippen molar-refractivity contribution in [2.45, 2.75) is 25.4 Å². The lowest BCUT2D eigenvalue weighted by molar-refractivity contribution is -0.145. The summed E-state index contributed by atoms with van der Waals surface area (Å²) >= 11 is 0. The molecule has 1 rings (SSSR count). The Morgan fingerprint density at radius 3 is 2.39 bits per heavy atom. The zero-order valence-corrected chi connectivity index (χ0v) is 11.1. The van der Waals surface area contributed by atoms with Gasteiger partial charge >= 0.3 is 6.18 Å². The lowest BCUT2D eigenvalue weighted by atomic mass is 10.3. The van der Waals surface area contributed by atoms with Crippen molar-refractivity contribution in [1.29, 1.82) is 0 Å². The fourth-order valence-corrected chi connectivity index (χ4v) is 2.32. The summed E-state index contributed by atoms with van der Waals surface area (Å²) in [6, 6.07) is 0. The van der Waals surface area contributed by atoms with Crippen molar-refractivity contribution >= 4 is 0 Å². The van der Waals surface area contributed by atoms with Gasteiger partial charge in [0.15, 0.2) is 0 Å². The standard InChI is InChI=1S/C12H24F3N3/c1-16-5-10-18(11-12(13,14)15)9-4-8-17-6-2-3-7-17/h16H,2-11H2,1H3. The lowest BCUT2D eigenvalue weighted by Crippen LogP contribution is -2.39. The van der Waals surface area contributed by atoms with E-state index in [0.29, 0.717) is 19.6 Å². The van der Waals surface area contributed by atoms with Gasteiger partial charge in [0.05, 0.1) is 6.54 Å². The first-order chi connectivity index (χ1) is 8.51. The highest BCUT2D eigenvalue weighted by atomic mass is 19.4. The maximum absolute atomic E-state index is 12.4. The largest absolute Gasteiger partial charge is 0.401 e. The van der Waals surface area contributed by atoms with Crippen LogP contribution in [-0.2, 0) is 0 Å². The molecular weight excluding hydrogens is 243 g/mol. The van der Waals surface area contributed by atoms with Crippen LogP contribution in [0, 0.1) is 0 Å². The smallest absolute Gasteiger partial charge is 0.318 e. The quantitative estimate of drug-likeness (QED) is 0.720. The van der Waals surface area contributed by atoms with E-state index in [2.05, 4.69) is 10.2 Å². The molecule has 1 saturated heterocycles. The molecule has 1 aliphatic heterocycles. The SMILES string of the molecule is CNCCN(CCCN1CCCC1)CC(F)(F)F. The van der Waals surface area contributed by atoms with E-state index >= 15 is 0 Å². The Morgan fingerprint density at radius 2 is 1.83 bits per heavy atom. The second kappa shape index (κ2) is 7.96. The van der Waals surface area contributed by atoms with Crippen molar-refractivity contribution in [2.24, 2.45) is 0 Å². The van der Waals surface area contributed by atoms with Gasteiger partial charge in [0.1, 0.15) is 0 Å². The molecule has 3 nitrogen and oxygen atoms in total. The predicted molar refractivity (Wildman–Crippen MR) is 66.7 cm³/mol. The molecule has 0 aromatic heterocycles. The molecule has 0 aromatic rings. The van der Waals surface area contributed by atoms with Crippen molar-refractivity contribution in [3.63, 3.8) is 0 Å². The molecule has 0 bridgehead atoms. The minimum atomic E-state index is -4.10. The van der Waals surface area contributed by atoms with Gasteiger partial charge in [-0.1, -0.05) is 0 Å². The number of halogens is 3. The van der Waals surface area contributed by atoms with Gasteiger partial charge in [-0.2, -0.15) is 13.2 Å². The normalized spacial score (nSPS) is 17.8. The molecule has 1 fully saturated rings. The Hall–Kier alpha value is -0.330. The van der Waals surface area contributed by atoms with Crippen LogP contribution in [-0.4, -0.2) is 68.8 Å². The topological polar surface area (TPSA) is 18.5 Å². The van der Waals surface area contributed by atoms with Crippen LogP contribution in [0.5, 0.6) is 0 Å². The van der Waals surface area contributed by atoms with E-state index in [9.17, 15) is 13.2 Å². The molecule has 108 valence electrons. The van der Waals surface area contributed by atoms with Gasteiger partial charge in [0, 0.05) is 13.1 Å². The van der Waals surface area contributed by atoms with Crippen LogP contribution < -0.4 is 5.32 Å². The molecule has 0 aliphatic carbocycles. The van der Waals surface area contributed by atoms with Gasteiger partial charge < -0.3 is 10.2 Å². The highest BCUT2D eigenvalue weighted by molar-refractivity contribution is 4.69. The maximum atomic E-state index is 12.4. The first-order valence-corrected chi connectivity index (χ1v) is 6.67. The second-order valence-electron chi connectivity index (χ2n) is 4.90. The van der Waals surface area contributed by atoms with E-state index in [1.165, 1.54) is 17.7 Å². The zero-order valence-electron chi connectivity index (χ0n) is 11.1. The molecule has 0 unspecified atom stereocenters. The van der Waals surface area contributed by atoms with Gasteiger partial charge in [0.25, 0.3) is 0 Å². The summed E-state index contributed by atoms with van der Waals surface area (Å²) in [5, 5.41) is 2.90. The van der Waals surface area contributed by atoms with Crippen LogP contribution in [0.3, 0.4) is 0 Å². The van der Waals surface area contributed by atoms with Crippen LogP contribution >= 0.6 is 0 Å². The van der Waals surface area contributed by atoms with Gasteiger partial charge in [-0.15, -0.1) is 0 Å². The summed E-state index contributed by atoms with van der Waals surface area (Å²) in [5.41, 5.74) is 0. The second-order valence-corrected chi connectivity index (χ2v) is 4.90. The molecule has 0 spiro atoms. The monoisotopic (exact) mass is 267 g/mol. The minimum absolute atomic E-state index is 0.454. The van der Waals surface area contributed by atoms with Gasteiger partial charge in [-0.3, -0.25) is 4.90 Å². The van der Waals surface area contributed by atoms with E-state index in [1.54, 1.807) is 7.05 Å². The molecular formula is C12H24F3N3. The number of alkyl halides is 3. The fourth-order valence-electron chi connectivity index (χ4n) is 2.32. The third-order valence-electron chi connectivity index (χ3n) is 3.23. The predicted octanol–water partition coefficient (Wildman–Crippen LogP) is 1.56. The number of hydrogen-bond donors (Lipinski definition) is 1. The summed E-state index contributed by atoms with van der Waals surface area (Å²) in [7, 11) is 1.76. The average molecular weight is 267 g/mol. The average Bonchev–Trinajstić information content (AvgIpc) is 2.76. The first kappa shape index (κ1) is 15.7. The molecule has 1 heterocycles. The summed E-state index contributed by atoms with van der Waals surface area (Å²) in [6.07, 6.45) is -0.820. The van der Waals surface area contributed by atoms with E-state index in [0.717, 1.165) is 26.1 Å². The Balaban J connectivity index is 2.21. The van der Waals surface area contributed by atoms with Crippen molar-refractivity contribution in [2.75, 3.05) is 52.9 Å².